The molecule has 0 saturated carbocycles. The Morgan fingerprint density at radius 2 is 1.45 bits per heavy atom. The molecule has 2 rings (SSSR count). The predicted molar refractivity (Wildman–Crippen MR) is 77.9 cm³/mol. The molecule has 0 aromatic carbocycles. The van der Waals surface area contributed by atoms with Crippen LogP contribution < -0.4 is 0 Å². The third-order valence-corrected chi connectivity index (χ3v) is 3.80. The van der Waals surface area contributed by atoms with Crippen LogP contribution in [-0.4, -0.2) is 10.3 Å². The summed E-state index contributed by atoms with van der Waals surface area (Å²) in [6, 6.07) is 4.10. The van der Waals surface area contributed by atoms with E-state index in [1.54, 1.807) is 0 Å². The van der Waals surface area contributed by atoms with Crippen molar-refractivity contribution in [3.8, 4) is 0 Å². The van der Waals surface area contributed by atoms with Crippen LogP contribution in [0.1, 0.15) is 81.2 Å². The molecule has 4 nitrogen and oxygen atoms in total. The quantitative estimate of drug-likeness (QED) is 0.761. The van der Waals surface area contributed by atoms with Crippen molar-refractivity contribution >= 4 is 0 Å². The monoisotopic (exact) mass is 276 g/mol. The van der Waals surface area contributed by atoms with Crippen LogP contribution in [0.5, 0.6) is 0 Å². The Kier molecular flexibility index (Phi) is 4.63. The third kappa shape index (κ3) is 3.50. The highest BCUT2D eigenvalue weighted by Crippen LogP contribution is 2.28. The van der Waals surface area contributed by atoms with Crippen LogP contribution >= 0.6 is 0 Å². The molecule has 0 saturated heterocycles. The molecule has 2 atom stereocenters. The molecule has 2 heterocycles. The van der Waals surface area contributed by atoms with Crippen LogP contribution in [0.4, 0.5) is 0 Å². The van der Waals surface area contributed by atoms with Gasteiger partial charge in [-0.2, -0.15) is 0 Å². The summed E-state index contributed by atoms with van der Waals surface area (Å²) in [6.45, 7) is 10.5. The van der Waals surface area contributed by atoms with E-state index in [9.17, 15) is 0 Å². The Labute approximate surface area is 120 Å². The number of hydrogen-bond acceptors (Lipinski definition) is 4. The van der Waals surface area contributed by atoms with Gasteiger partial charge in [-0.25, -0.2) is 0 Å². The summed E-state index contributed by atoms with van der Waals surface area (Å²) >= 11 is 0. The van der Waals surface area contributed by atoms with Gasteiger partial charge in [0.1, 0.15) is 11.5 Å². The van der Waals surface area contributed by atoms with Crippen molar-refractivity contribution in [2.24, 2.45) is 0 Å². The maximum atomic E-state index is 5.36. The van der Waals surface area contributed by atoms with E-state index in [4.69, 9.17) is 9.05 Å². The van der Waals surface area contributed by atoms with Crippen molar-refractivity contribution in [2.45, 2.75) is 65.2 Å². The lowest BCUT2D eigenvalue weighted by Crippen LogP contribution is -1.99. The van der Waals surface area contributed by atoms with Crippen LogP contribution in [0, 0.1) is 6.92 Å². The topological polar surface area (TPSA) is 52.1 Å². The van der Waals surface area contributed by atoms with Gasteiger partial charge in [-0.05, 0) is 19.8 Å². The van der Waals surface area contributed by atoms with Crippen LogP contribution in [-0.2, 0) is 0 Å². The lowest BCUT2D eigenvalue weighted by atomic mass is 9.93. The summed E-state index contributed by atoms with van der Waals surface area (Å²) in [5, 5.41) is 8.27. The van der Waals surface area contributed by atoms with Gasteiger partial charge in [-0.15, -0.1) is 0 Å². The summed E-state index contributed by atoms with van der Waals surface area (Å²) in [4.78, 5) is 0. The molecule has 4 heteroatoms. The Hall–Kier alpha value is -1.58. The second-order valence-electron chi connectivity index (χ2n) is 6.05. The fourth-order valence-electron chi connectivity index (χ4n) is 2.22. The van der Waals surface area contributed by atoms with Gasteiger partial charge in [0.15, 0.2) is 0 Å². The standard InChI is InChI=1S/C16H24N2O2/c1-10(2)16-9-15(18-20-16)12(4)7-6-11(3)14-8-13(5)19-17-14/h8-12H,6-7H2,1-5H3. The highest BCUT2D eigenvalue weighted by Gasteiger charge is 2.16. The zero-order valence-electron chi connectivity index (χ0n) is 13.0. The first kappa shape index (κ1) is 14.8. The molecule has 0 aliphatic carbocycles. The molecule has 0 aliphatic rings. The first-order valence-corrected chi connectivity index (χ1v) is 7.37. The number of aromatic nitrogens is 2. The molecule has 2 aromatic rings. The fourth-order valence-corrected chi connectivity index (χ4v) is 2.22. The number of aryl methyl sites for hydroxylation is 1. The lowest BCUT2D eigenvalue weighted by Gasteiger charge is -2.11. The molecular formula is C16H24N2O2. The van der Waals surface area contributed by atoms with E-state index < -0.39 is 0 Å². The van der Waals surface area contributed by atoms with Gasteiger partial charge in [0, 0.05) is 29.9 Å². The molecule has 0 radical (unpaired) electrons. The molecule has 0 amide bonds. The maximum Gasteiger partial charge on any atom is 0.139 e. The van der Waals surface area contributed by atoms with Crippen LogP contribution in [0.25, 0.3) is 0 Å². The molecule has 0 aliphatic heterocycles. The van der Waals surface area contributed by atoms with E-state index in [1.807, 2.05) is 13.0 Å². The largest absolute Gasteiger partial charge is 0.361 e. The number of nitrogens with zero attached hydrogens (tertiary/aromatic N) is 2. The third-order valence-electron chi connectivity index (χ3n) is 3.80. The highest BCUT2D eigenvalue weighted by molar-refractivity contribution is 5.13. The van der Waals surface area contributed by atoms with Crippen molar-refractivity contribution in [3.05, 3.63) is 35.0 Å². The van der Waals surface area contributed by atoms with Gasteiger partial charge in [-0.3, -0.25) is 0 Å². The predicted octanol–water partition coefficient (Wildman–Crippen LogP) is 4.78. The minimum absolute atomic E-state index is 0.389. The maximum absolute atomic E-state index is 5.36. The molecule has 0 fully saturated rings. The van der Waals surface area contributed by atoms with Gasteiger partial charge in [0.25, 0.3) is 0 Å². The normalized spacial score (nSPS) is 14.7. The Morgan fingerprint density at radius 1 is 0.900 bits per heavy atom. The molecule has 2 unspecified atom stereocenters. The number of rotatable bonds is 6. The summed E-state index contributed by atoms with van der Waals surface area (Å²) in [7, 11) is 0. The first-order chi connectivity index (χ1) is 9.47. The van der Waals surface area contributed by atoms with Gasteiger partial charge in [0.2, 0.25) is 0 Å². The van der Waals surface area contributed by atoms with Crippen molar-refractivity contribution in [3.63, 3.8) is 0 Å². The van der Waals surface area contributed by atoms with Crippen molar-refractivity contribution in [1.82, 2.24) is 10.3 Å². The highest BCUT2D eigenvalue weighted by atomic mass is 16.5. The van der Waals surface area contributed by atoms with E-state index in [0.717, 1.165) is 35.7 Å². The molecule has 110 valence electrons. The van der Waals surface area contributed by atoms with E-state index >= 15 is 0 Å². The molecule has 20 heavy (non-hydrogen) atoms. The first-order valence-electron chi connectivity index (χ1n) is 7.37. The van der Waals surface area contributed by atoms with E-state index in [0.29, 0.717) is 17.8 Å². The molecule has 0 spiro atoms. The van der Waals surface area contributed by atoms with E-state index in [2.05, 4.69) is 44.1 Å². The van der Waals surface area contributed by atoms with Gasteiger partial charge >= 0.3 is 0 Å². The van der Waals surface area contributed by atoms with Crippen molar-refractivity contribution in [1.29, 1.82) is 0 Å². The summed E-state index contributed by atoms with van der Waals surface area (Å²) < 4.78 is 10.5. The summed E-state index contributed by atoms with van der Waals surface area (Å²) in [5.74, 6) is 3.04. The lowest BCUT2D eigenvalue weighted by molar-refractivity contribution is 0.360. The minimum Gasteiger partial charge on any atom is -0.361 e. The second kappa shape index (κ2) is 6.25. The van der Waals surface area contributed by atoms with Crippen LogP contribution in [0.3, 0.4) is 0 Å². The van der Waals surface area contributed by atoms with E-state index in [-0.39, 0.29) is 0 Å². The van der Waals surface area contributed by atoms with Crippen LogP contribution in [0.2, 0.25) is 0 Å². The molecule has 0 N–H and O–H groups in total. The number of hydrogen-bond donors (Lipinski definition) is 0. The van der Waals surface area contributed by atoms with Crippen molar-refractivity contribution < 1.29 is 9.05 Å². The van der Waals surface area contributed by atoms with Gasteiger partial charge in [-0.1, -0.05) is 38.0 Å². The van der Waals surface area contributed by atoms with Gasteiger partial charge < -0.3 is 9.05 Å². The Balaban J connectivity index is 1.89. The SMILES string of the molecule is Cc1cc(C(C)CCC(C)c2cc(C(C)C)on2)no1. The molecule has 2 aromatic heterocycles. The average molecular weight is 276 g/mol. The summed E-state index contributed by atoms with van der Waals surface area (Å²) in [5.41, 5.74) is 2.09. The minimum atomic E-state index is 0.389. The smallest absolute Gasteiger partial charge is 0.139 e. The average Bonchev–Trinajstić information content (AvgIpc) is 3.04. The van der Waals surface area contributed by atoms with Gasteiger partial charge in [0.05, 0.1) is 11.4 Å². The zero-order chi connectivity index (χ0) is 14.7. The molecule has 0 bridgehead atoms. The molecular weight excluding hydrogens is 252 g/mol. The summed E-state index contributed by atoms with van der Waals surface area (Å²) in [6.07, 6.45) is 2.13. The second-order valence-corrected chi connectivity index (χ2v) is 6.05. The zero-order valence-corrected chi connectivity index (χ0v) is 13.0. The Bertz CT molecular complexity index is 542. The van der Waals surface area contributed by atoms with Crippen LogP contribution in [0.15, 0.2) is 21.2 Å². The fraction of sp³-hybridized carbons (Fsp3) is 0.625. The van der Waals surface area contributed by atoms with Crippen molar-refractivity contribution in [2.75, 3.05) is 0 Å². The van der Waals surface area contributed by atoms with E-state index in [1.165, 1.54) is 0 Å². The Morgan fingerprint density at radius 3 is 1.90 bits per heavy atom.